The first-order valence-corrected chi connectivity index (χ1v) is 9.36. The van der Waals surface area contributed by atoms with Crippen molar-refractivity contribution < 1.29 is 12.0 Å². The SMILES string of the molecule is [2H]C1CCC(=O)C1([2H])CC=CC(C)O[Si](C)(C)C. The number of carbonyl (C=O) groups is 1. The predicted molar refractivity (Wildman–Crippen MR) is 70.0 cm³/mol. The molecule has 0 N–H and O–H groups in total. The van der Waals surface area contributed by atoms with Crippen molar-refractivity contribution in [2.45, 2.75) is 58.3 Å². The fourth-order valence-electron chi connectivity index (χ4n) is 1.83. The molecule has 1 fully saturated rings. The van der Waals surface area contributed by atoms with Gasteiger partial charge in [-0.25, -0.2) is 0 Å². The first-order chi connectivity index (χ1) is 8.15. The molecule has 0 radical (unpaired) electrons. The number of hydrogen-bond donors (Lipinski definition) is 0. The molecule has 92 valence electrons. The zero-order chi connectivity index (χ0) is 14.0. The molecule has 3 atom stereocenters. The summed E-state index contributed by atoms with van der Waals surface area (Å²) in [4.78, 5) is 11.6. The van der Waals surface area contributed by atoms with E-state index in [0.29, 0.717) is 19.3 Å². The van der Waals surface area contributed by atoms with Gasteiger partial charge in [0, 0.05) is 15.1 Å². The fourth-order valence-corrected chi connectivity index (χ4v) is 3.03. The summed E-state index contributed by atoms with van der Waals surface area (Å²) >= 11 is 0. The zero-order valence-electron chi connectivity index (χ0n) is 12.7. The van der Waals surface area contributed by atoms with Gasteiger partial charge in [0.2, 0.25) is 0 Å². The second-order valence-corrected chi connectivity index (χ2v) is 9.72. The second kappa shape index (κ2) is 5.78. The Balaban J connectivity index is 2.52. The van der Waals surface area contributed by atoms with Crippen LogP contribution in [0, 0.1) is 5.89 Å². The summed E-state index contributed by atoms with van der Waals surface area (Å²) in [5.74, 6) is -1.32. The topological polar surface area (TPSA) is 26.3 Å². The maximum atomic E-state index is 11.6. The van der Waals surface area contributed by atoms with Crippen LogP contribution in [0.25, 0.3) is 0 Å². The Hall–Kier alpha value is -0.413. The summed E-state index contributed by atoms with van der Waals surface area (Å²) in [5, 5.41) is 0. The molecule has 2 nitrogen and oxygen atoms in total. The summed E-state index contributed by atoms with van der Waals surface area (Å²) in [5.41, 5.74) is 0. The average molecular weight is 242 g/mol. The largest absolute Gasteiger partial charge is 0.412 e. The van der Waals surface area contributed by atoms with E-state index < -0.39 is 20.6 Å². The molecule has 0 aromatic carbocycles. The van der Waals surface area contributed by atoms with E-state index >= 15 is 0 Å². The molecule has 1 saturated carbocycles. The van der Waals surface area contributed by atoms with Gasteiger partial charge in [-0.1, -0.05) is 12.2 Å². The van der Waals surface area contributed by atoms with Gasteiger partial charge in [0.1, 0.15) is 5.78 Å². The summed E-state index contributed by atoms with van der Waals surface area (Å²) < 4.78 is 21.7. The molecular weight excluding hydrogens is 216 g/mol. The highest BCUT2D eigenvalue weighted by Crippen LogP contribution is 2.24. The molecular formula is C13H24O2Si. The number of carbonyl (C=O) groups excluding carboxylic acids is 1. The molecule has 1 aliphatic rings. The summed E-state index contributed by atoms with van der Waals surface area (Å²) in [6.07, 6.45) is 4.42. The Kier molecular flexibility index (Phi) is 3.87. The Morgan fingerprint density at radius 3 is 2.88 bits per heavy atom. The van der Waals surface area contributed by atoms with Crippen LogP contribution in [-0.4, -0.2) is 20.2 Å². The Bertz CT molecular complexity index is 338. The van der Waals surface area contributed by atoms with Gasteiger partial charge in [-0.3, -0.25) is 4.79 Å². The van der Waals surface area contributed by atoms with Crippen LogP contribution < -0.4 is 0 Å². The average Bonchev–Trinajstić information content (AvgIpc) is 2.44. The molecule has 0 heterocycles. The number of allylic oxidation sites excluding steroid dienone is 1. The van der Waals surface area contributed by atoms with Crippen molar-refractivity contribution in [2.24, 2.45) is 5.89 Å². The van der Waals surface area contributed by atoms with Crippen molar-refractivity contribution in [3.63, 3.8) is 0 Å². The van der Waals surface area contributed by atoms with Crippen LogP contribution in [0.5, 0.6) is 0 Å². The van der Waals surface area contributed by atoms with E-state index in [-0.39, 0.29) is 11.9 Å². The molecule has 1 aliphatic carbocycles. The molecule has 0 amide bonds. The lowest BCUT2D eigenvalue weighted by atomic mass is 10.0. The van der Waals surface area contributed by atoms with Crippen LogP contribution in [0.1, 0.15) is 35.3 Å². The first-order valence-electron chi connectivity index (χ1n) is 7.03. The molecule has 0 saturated heterocycles. The van der Waals surface area contributed by atoms with Gasteiger partial charge < -0.3 is 4.43 Å². The number of ketones is 1. The smallest absolute Gasteiger partial charge is 0.184 e. The van der Waals surface area contributed by atoms with Crippen LogP contribution in [0.15, 0.2) is 12.2 Å². The van der Waals surface area contributed by atoms with E-state index in [1.807, 2.05) is 19.1 Å². The van der Waals surface area contributed by atoms with E-state index in [9.17, 15) is 4.79 Å². The van der Waals surface area contributed by atoms with E-state index in [1.165, 1.54) is 0 Å². The van der Waals surface area contributed by atoms with E-state index in [4.69, 9.17) is 7.17 Å². The van der Waals surface area contributed by atoms with E-state index in [2.05, 4.69) is 19.6 Å². The van der Waals surface area contributed by atoms with Crippen LogP contribution in [0.2, 0.25) is 19.6 Å². The third-order valence-corrected chi connectivity index (χ3v) is 3.48. The van der Waals surface area contributed by atoms with Crippen LogP contribution >= 0.6 is 0 Å². The van der Waals surface area contributed by atoms with Gasteiger partial charge in [0.05, 0.1) is 6.10 Å². The minimum absolute atomic E-state index is 0.0148. The normalized spacial score (nSPS) is 35.2. The van der Waals surface area contributed by atoms with E-state index in [1.54, 1.807) is 0 Å². The highest BCUT2D eigenvalue weighted by Gasteiger charge is 2.22. The number of Topliss-reactive ketones (excluding diaryl/α,β-unsaturated/α-hetero) is 1. The maximum absolute atomic E-state index is 11.6. The summed E-state index contributed by atoms with van der Waals surface area (Å²) in [7, 11) is -1.55. The van der Waals surface area contributed by atoms with Crippen LogP contribution in [-0.2, 0) is 9.22 Å². The third-order valence-electron chi connectivity index (χ3n) is 2.40. The standard InChI is InChI=1S/C13H24O2Si/c1-11(15-16(2,3)4)7-5-8-12-9-6-10-13(12)14/h5,7,11-12H,6,8-10H2,1-4H3/i9D,12D. The molecule has 0 aromatic rings. The van der Waals surface area contributed by atoms with Gasteiger partial charge in [-0.2, -0.15) is 0 Å². The van der Waals surface area contributed by atoms with Crippen LogP contribution in [0.4, 0.5) is 0 Å². The molecule has 0 aromatic heterocycles. The minimum Gasteiger partial charge on any atom is -0.412 e. The fraction of sp³-hybridized carbons (Fsp3) is 0.769. The molecule has 3 unspecified atom stereocenters. The molecule has 0 spiro atoms. The van der Waals surface area contributed by atoms with Gasteiger partial charge in [0.15, 0.2) is 8.32 Å². The Morgan fingerprint density at radius 2 is 2.38 bits per heavy atom. The molecule has 0 aliphatic heterocycles. The van der Waals surface area contributed by atoms with Crippen molar-refractivity contribution in [3.8, 4) is 0 Å². The van der Waals surface area contributed by atoms with Crippen molar-refractivity contribution in [2.75, 3.05) is 0 Å². The highest BCUT2D eigenvalue weighted by molar-refractivity contribution is 6.69. The third kappa shape index (κ3) is 5.08. The lowest BCUT2D eigenvalue weighted by Gasteiger charge is -2.21. The maximum Gasteiger partial charge on any atom is 0.184 e. The highest BCUT2D eigenvalue weighted by atomic mass is 28.4. The van der Waals surface area contributed by atoms with Gasteiger partial charge in [-0.05, 0) is 45.8 Å². The second-order valence-electron chi connectivity index (χ2n) is 5.26. The van der Waals surface area contributed by atoms with Crippen molar-refractivity contribution in [1.82, 2.24) is 0 Å². The summed E-state index contributed by atoms with van der Waals surface area (Å²) in [6.45, 7) is 8.36. The molecule has 1 rings (SSSR count). The van der Waals surface area contributed by atoms with Crippen LogP contribution in [0.3, 0.4) is 0 Å². The van der Waals surface area contributed by atoms with Crippen molar-refractivity contribution in [1.29, 1.82) is 0 Å². The minimum atomic E-state index is -1.55. The summed E-state index contributed by atoms with van der Waals surface area (Å²) in [6, 6.07) is 0. The van der Waals surface area contributed by atoms with Gasteiger partial charge in [0.25, 0.3) is 0 Å². The molecule has 0 bridgehead atoms. The number of hydrogen-bond acceptors (Lipinski definition) is 2. The van der Waals surface area contributed by atoms with Crippen molar-refractivity contribution >= 4 is 14.1 Å². The van der Waals surface area contributed by atoms with Crippen molar-refractivity contribution in [3.05, 3.63) is 12.2 Å². The Labute approximate surface area is 103 Å². The van der Waals surface area contributed by atoms with Gasteiger partial charge in [-0.15, -0.1) is 0 Å². The van der Waals surface area contributed by atoms with E-state index in [0.717, 1.165) is 0 Å². The molecule has 16 heavy (non-hydrogen) atoms. The Morgan fingerprint density at radius 1 is 1.69 bits per heavy atom. The lowest BCUT2D eigenvalue weighted by Crippen LogP contribution is -2.29. The predicted octanol–water partition coefficient (Wildman–Crippen LogP) is 3.54. The molecule has 3 heteroatoms. The zero-order valence-corrected chi connectivity index (χ0v) is 11.7. The monoisotopic (exact) mass is 242 g/mol. The quantitative estimate of drug-likeness (QED) is 0.544. The first kappa shape index (κ1) is 10.7. The lowest BCUT2D eigenvalue weighted by molar-refractivity contribution is -0.120. The number of rotatable bonds is 5. The van der Waals surface area contributed by atoms with Gasteiger partial charge >= 0.3 is 0 Å².